The number of Topliss-reactive ketones (excluding diaryl/α,β-unsaturated/α-hetero) is 1. The first kappa shape index (κ1) is 41.5. The standard InChI is InChI=1S/C38H62O11/c1-21(10-13-25(41)18-23(3)27(42)19-26-22(2)12-15-30(43)36(26,5)6)11-14-29-37(7,8)31(16-17-38(29,9)49-24(4)40)48-35-34(46)33(45)32(44)28(20-39)47-35/h10,12,18,25-29,31-35,39,41-42,44-46H,11,13-17,19-20H2,1-9H3/b21-10+,23-18+/t25-,26-,27+,28-,29+,31+,32+,33+,34-,35+,38+/m1/s1. The van der Waals surface area contributed by atoms with Crippen LogP contribution in [0.25, 0.3) is 0 Å². The minimum atomic E-state index is -1.55. The van der Waals surface area contributed by atoms with E-state index in [4.69, 9.17) is 14.2 Å². The van der Waals surface area contributed by atoms with E-state index in [9.17, 15) is 40.2 Å². The molecule has 3 aliphatic rings. The van der Waals surface area contributed by atoms with Gasteiger partial charge in [0.25, 0.3) is 0 Å². The van der Waals surface area contributed by atoms with Gasteiger partial charge in [0.1, 0.15) is 35.8 Å². The summed E-state index contributed by atoms with van der Waals surface area (Å²) in [7, 11) is 0. The van der Waals surface area contributed by atoms with E-state index in [-0.39, 0.29) is 23.6 Å². The Kier molecular flexibility index (Phi) is 14.0. The van der Waals surface area contributed by atoms with Crippen molar-refractivity contribution in [1.82, 2.24) is 0 Å². The lowest BCUT2D eigenvalue weighted by Gasteiger charge is -2.54. The molecule has 1 aliphatic heterocycles. The first-order valence-electron chi connectivity index (χ1n) is 17.7. The fraction of sp³-hybridized carbons (Fsp3) is 0.789. The Morgan fingerprint density at radius 2 is 1.71 bits per heavy atom. The van der Waals surface area contributed by atoms with Gasteiger partial charge in [-0.25, -0.2) is 0 Å². The molecule has 11 atom stereocenters. The first-order valence-corrected chi connectivity index (χ1v) is 17.7. The molecule has 0 unspecified atom stereocenters. The molecule has 0 aromatic rings. The van der Waals surface area contributed by atoms with Crippen molar-refractivity contribution in [3.8, 4) is 0 Å². The molecule has 2 fully saturated rings. The second-order valence-electron chi connectivity index (χ2n) is 16.0. The average molecular weight is 695 g/mol. The molecule has 49 heavy (non-hydrogen) atoms. The number of allylic oxidation sites excluding steroid dienone is 3. The van der Waals surface area contributed by atoms with Gasteiger partial charge in [0, 0.05) is 24.7 Å². The van der Waals surface area contributed by atoms with Crippen molar-refractivity contribution in [3.63, 3.8) is 0 Å². The van der Waals surface area contributed by atoms with E-state index in [1.54, 1.807) is 13.0 Å². The van der Waals surface area contributed by atoms with E-state index in [0.29, 0.717) is 50.5 Å². The predicted octanol–water partition coefficient (Wildman–Crippen LogP) is 3.67. The second kappa shape index (κ2) is 16.6. The van der Waals surface area contributed by atoms with Crippen molar-refractivity contribution in [3.05, 3.63) is 34.9 Å². The van der Waals surface area contributed by atoms with Gasteiger partial charge in [-0.3, -0.25) is 9.59 Å². The maximum Gasteiger partial charge on any atom is 0.303 e. The second-order valence-corrected chi connectivity index (χ2v) is 16.0. The van der Waals surface area contributed by atoms with Crippen molar-refractivity contribution < 1.29 is 54.4 Å². The molecule has 1 saturated carbocycles. The van der Waals surface area contributed by atoms with Crippen LogP contribution in [0.4, 0.5) is 0 Å². The first-order chi connectivity index (χ1) is 22.6. The molecule has 11 nitrogen and oxygen atoms in total. The van der Waals surface area contributed by atoms with Gasteiger partial charge in [0.2, 0.25) is 0 Å². The topological polar surface area (TPSA) is 183 Å². The Labute approximate surface area is 292 Å². The number of esters is 1. The third-order valence-corrected chi connectivity index (χ3v) is 11.6. The maximum absolute atomic E-state index is 12.5. The van der Waals surface area contributed by atoms with Gasteiger partial charge >= 0.3 is 5.97 Å². The van der Waals surface area contributed by atoms with E-state index in [1.807, 2.05) is 60.6 Å². The Morgan fingerprint density at radius 1 is 1.06 bits per heavy atom. The van der Waals surface area contributed by atoms with Crippen molar-refractivity contribution >= 4 is 11.8 Å². The number of ketones is 1. The lowest BCUT2D eigenvalue weighted by Crippen LogP contribution is -2.62. The molecule has 11 heteroatoms. The number of hydrogen-bond donors (Lipinski definition) is 6. The highest BCUT2D eigenvalue weighted by atomic mass is 16.7. The van der Waals surface area contributed by atoms with Crippen LogP contribution in [0.15, 0.2) is 34.9 Å². The minimum Gasteiger partial charge on any atom is -0.459 e. The number of rotatable bonds is 13. The van der Waals surface area contributed by atoms with E-state index in [1.165, 1.54) is 6.92 Å². The number of carbonyl (C=O) groups is 2. The largest absolute Gasteiger partial charge is 0.459 e. The quantitative estimate of drug-likeness (QED) is 0.122. The number of ether oxygens (including phenoxy) is 3. The molecule has 0 amide bonds. The minimum absolute atomic E-state index is 0.0738. The van der Waals surface area contributed by atoms with Crippen LogP contribution < -0.4 is 0 Å². The van der Waals surface area contributed by atoms with Crippen molar-refractivity contribution in [2.24, 2.45) is 22.7 Å². The Balaban J connectivity index is 1.68. The molecule has 6 N–H and O–H groups in total. The average Bonchev–Trinajstić information content (AvgIpc) is 3.01. The smallest absolute Gasteiger partial charge is 0.303 e. The number of aliphatic hydroxyl groups excluding tert-OH is 6. The van der Waals surface area contributed by atoms with E-state index in [2.05, 4.69) is 0 Å². The van der Waals surface area contributed by atoms with Crippen LogP contribution in [0, 0.1) is 22.7 Å². The Morgan fingerprint density at radius 3 is 2.33 bits per heavy atom. The Bertz CT molecular complexity index is 1250. The summed E-state index contributed by atoms with van der Waals surface area (Å²) in [6.07, 6.45) is 0.0213. The molecule has 0 bridgehead atoms. The van der Waals surface area contributed by atoms with Crippen molar-refractivity contribution in [2.45, 2.75) is 162 Å². The molecule has 0 radical (unpaired) electrons. The monoisotopic (exact) mass is 694 g/mol. The Hall–Kier alpha value is -1.96. The highest BCUT2D eigenvalue weighted by Gasteiger charge is 2.55. The summed E-state index contributed by atoms with van der Waals surface area (Å²) >= 11 is 0. The number of hydrogen-bond acceptors (Lipinski definition) is 11. The summed E-state index contributed by atoms with van der Waals surface area (Å²) < 4.78 is 17.8. The third kappa shape index (κ3) is 9.68. The molecule has 1 saturated heterocycles. The summed E-state index contributed by atoms with van der Waals surface area (Å²) in [5.41, 5.74) is 0.850. The van der Waals surface area contributed by atoms with Crippen LogP contribution in [0.2, 0.25) is 0 Å². The van der Waals surface area contributed by atoms with E-state index >= 15 is 0 Å². The van der Waals surface area contributed by atoms with Gasteiger partial charge in [-0.1, -0.05) is 57.1 Å². The molecular weight excluding hydrogens is 632 g/mol. The highest BCUT2D eigenvalue weighted by Crippen LogP contribution is 2.52. The van der Waals surface area contributed by atoms with Crippen molar-refractivity contribution in [1.29, 1.82) is 0 Å². The summed E-state index contributed by atoms with van der Waals surface area (Å²) in [5.74, 6) is -0.484. The summed E-state index contributed by atoms with van der Waals surface area (Å²) in [5, 5.41) is 62.5. The van der Waals surface area contributed by atoms with Crippen LogP contribution in [0.1, 0.15) is 107 Å². The van der Waals surface area contributed by atoms with Crippen LogP contribution in [0.3, 0.4) is 0 Å². The molecule has 280 valence electrons. The summed E-state index contributed by atoms with van der Waals surface area (Å²) in [6, 6.07) is 0. The maximum atomic E-state index is 12.5. The zero-order chi connectivity index (χ0) is 37.1. The third-order valence-electron chi connectivity index (χ3n) is 11.6. The molecule has 2 aliphatic carbocycles. The molecule has 0 spiro atoms. The van der Waals surface area contributed by atoms with Gasteiger partial charge in [-0.05, 0) is 83.1 Å². The SMILES string of the molecule is CC(=O)O[C@@]1(C)CC[C@H](O[C@@H]2O[C@H](CO)[C@H](O)[C@H](O)[C@H]2O)C(C)(C)[C@@H]1CC/C(C)=C/C[C@@H](O)/C=C(\C)[C@@H](O)C[C@@H]1C(C)=CCC(=O)C1(C)C. The zero-order valence-corrected chi connectivity index (χ0v) is 30.9. The van der Waals surface area contributed by atoms with Gasteiger partial charge < -0.3 is 44.8 Å². The van der Waals surface area contributed by atoms with Crippen LogP contribution in [-0.2, 0) is 23.8 Å². The lowest BCUT2D eigenvalue weighted by molar-refractivity contribution is -0.327. The van der Waals surface area contributed by atoms with E-state index < -0.39 is 72.1 Å². The van der Waals surface area contributed by atoms with Crippen LogP contribution in [-0.4, -0.2) is 104 Å². The van der Waals surface area contributed by atoms with Crippen LogP contribution in [0.5, 0.6) is 0 Å². The number of aliphatic hydroxyl groups is 6. The van der Waals surface area contributed by atoms with Gasteiger partial charge in [-0.15, -0.1) is 0 Å². The summed E-state index contributed by atoms with van der Waals surface area (Å²) in [6.45, 7) is 16.4. The lowest BCUT2D eigenvalue weighted by atomic mass is 9.58. The number of carbonyl (C=O) groups excluding carboxylic acids is 2. The fourth-order valence-electron chi connectivity index (χ4n) is 8.28. The highest BCUT2D eigenvalue weighted by molar-refractivity contribution is 5.87. The van der Waals surface area contributed by atoms with Gasteiger partial charge in [0.05, 0.1) is 24.9 Å². The molecule has 1 heterocycles. The molecule has 3 rings (SSSR count). The van der Waals surface area contributed by atoms with Crippen LogP contribution >= 0.6 is 0 Å². The normalized spacial score (nSPS) is 36.6. The predicted molar refractivity (Wildman–Crippen MR) is 184 cm³/mol. The molecular formula is C38H62O11. The zero-order valence-electron chi connectivity index (χ0n) is 30.9. The van der Waals surface area contributed by atoms with Gasteiger partial charge in [0.15, 0.2) is 6.29 Å². The molecule has 0 aromatic heterocycles. The fourth-order valence-corrected chi connectivity index (χ4v) is 8.28. The van der Waals surface area contributed by atoms with E-state index in [0.717, 1.165) is 11.1 Å². The van der Waals surface area contributed by atoms with Gasteiger partial charge in [-0.2, -0.15) is 0 Å². The van der Waals surface area contributed by atoms with Crippen molar-refractivity contribution in [2.75, 3.05) is 6.61 Å². The summed E-state index contributed by atoms with van der Waals surface area (Å²) in [4.78, 5) is 24.7. The molecule has 0 aromatic carbocycles.